The number of aromatic carboxylic acids is 1. The zero-order valence-electron chi connectivity index (χ0n) is 12.3. The molecule has 2 aromatic heterocycles. The second kappa shape index (κ2) is 4.98. The molecular formula is C16H15N5O2. The van der Waals surface area contributed by atoms with E-state index in [-0.39, 0.29) is 17.2 Å². The Morgan fingerprint density at radius 3 is 2.83 bits per heavy atom. The molecule has 7 heteroatoms. The second-order valence-electron chi connectivity index (χ2n) is 5.60. The quantitative estimate of drug-likeness (QED) is 0.746. The molecule has 0 aliphatic carbocycles. The third-order valence-electron chi connectivity index (χ3n) is 4.16. The molecule has 0 saturated heterocycles. The van der Waals surface area contributed by atoms with Crippen LogP contribution in [0.15, 0.2) is 36.5 Å². The molecule has 0 atom stereocenters. The second-order valence-corrected chi connectivity index (χ2v) is 5.60. The van der Waals surface area contributed by atoms with Gasteiger partial charge in [-0.2, -0.15) is 4.98 Å². The van der Waals surface area contributed by atoms with Crippen molar-refractivity contribution >= 4 is 23.3 Å². The first-order chi connectivity index (χ1) is 11.1. The molecule has 0 bridgehead atoms. The summed E-state index contributed by atoms with van der Waals surface area (Å²) in [5.41, 5.74) is 9.36. The molecule has 0 fully saturated rings. The first kappa shape index (κ1) is 13.6. The van der Waals surface area contributed by atoms with Gasteiger partial charge >= 0.3 is 5.97 Å². The van der Waals surface area contributed by atoms with Gasteiger partial charge < -0.3 is 15.7 Å². The molecule has 0 radical (unpaired) electrons. The van der Waals surface area contributed by atoms with E-state index >= 15 is 0 Å². The summed E-state index contributed by atoms with van der Waals surface area (Å²) in [5.74, 6) is -0.977. The molecule has 1 aliphatic rings. The van der Waals surface area contributed by atoms with Crippen LogP contribution in [0.25, 0.3) is 5.65 Å². The summed E-state index contributed by atoms with van der Waals surface area (Å²) in [5, 5.41) is 13.5. The summed E-state index contributed by atoms with van der Waals surface area (Å²) in [4.78, 5) is 17.6. The van der Waals surface area contributed by atoms with E-state index in [2.05, 4.69) is 27.1 Å². The zero-order chi connectivity index (χ0) is 16.0. The minimum atomic E-state index is -1.04. The molecule has 1 aromatic carbocycles. The van der Waals surface area contributed by atoms with Crippen molar-refractivity contribution in [2.45, 2.75) is 13.0 Å². The summed E-state index contributed by atoms with van der Waals surface area (Å²) in [6.45, 7) is 1.57. The van der Waals surface area contributed by atoms with Crippen LogP contribution in [0.2, 0.25) is 0 Å². The number of hydrogen-bond donors (Lipinski definition) is 2. The number of fused-ring (bicyclic) bond motifs is 2. The van der Waals surface area contributed by atoms with E-state index in [0.29, 0.717) is 0 Å². The van der Waals surface area contributed by atoms with Gasteiger partial charge in [0.1, 0.15) is 5.56 Å². The standard InChI is InChI=1S/C16H15N5O2/c17-16-18-14-13(15(22)23)7-12(9-21(14)19-16)20-6-5-10-3-1-2-4-11(10)8-20/h1-4,7,9H,5-6,8H2,(H2,17,19)(H,22,23). The van der Waals surface area contributed by atoms with Crippen molar-refractivity contribution in [3.05, 3.63) is 53.2 Å². The summed E-state index contributed by atoms with van der Waals surface area (Å²) in [6.07, 6.45) is 2.70. The minimum Gasteiger partial charge on any atom is -0.478 e. The van der Waals surface area contributed by atoms with E-state index in [4.69, 9.17) is 5.73 Å². The van der Waals surface area contributed by atoms with Crippen LogP contribution in [0.4, 0.5) is 11.6 Å². The van der Waals surface area contributed by atoms with Crippen molar-refractivity contribution in [3.63, 3.8) is 0 Å². The van der Waals surface area contributed by atoms with Gasteiger partial charge in [-0.15, -0.1) is 5.10 Å². The van der Waals surface area contributed by atoms with Gasteiger partial charge in [0.05, 0.1) is 11.9 Å². The Labute approximate surface area is 132 Å². The highest BCUT2D eigenvalue weighted by molar-refractivity contribution is 5.95. The van der Waals surface area contributed by atoms with Crippen LogP contribution in [0.3, 0.4) is 0 Å². The van der Waals surface area contributed by atoms with Crippen molar-refractivity contribution in [2.75, 3.05) is 17.2 Å². The van der Waals surface area contributed by atoms with Crippen molar-refractivity contribution in [1.82, 2.24) is 14.6 Å². The van der Waals surface area contributed by atoms with E-state index < -0.39 is 5.97 Å². The number of anilines is 2. The molecule has 0 unspecified atom stereocenters. The van der Waals surface area contributed by atoms with Crippen LogP contribution in [-0.4, -0.2) is 32.2 Å². The molecule has 0 saturated carbocycles. The average molecular weight is 309 g/mol. The Balaban J connectivity index is 1.79. The van der Waals surface area contributed by atoms with E-state index in [1.165, 1.54) is 15.6 Å². The number of benzene rings is 1. The number of pyridine rings is 1. The lowest BCUT2D eigenvalue weighted by Crippen LogP contribution is -2.30. The highest BCUT2D eigenvalue weighted by Gasteiger charge is 2.20. The number of rotatable bonds is 2. The Kier molecular flexibility index (Phi) is 2.94. The minimum absolute atomic E-state index is 0.0636. The Morgan fingerprint density at radius 2 is 2.04 bits per heavy atom. The van der Waals surface area contributed by atoms with Gasteiger partial charge in [-0.3, -0.25) is 0 Å². The third-order valence-corrected chi connectivity index (χ3v) is 4.16. The van der Waals surface area contributed by atoms with Crippen LogP contribution in [-0.2, 0) is 13.0 Å². The molecule has 23 heavy (non-hydrogen) atoms. The smallest absolute Gasteiger partial charge is 0.339 e. The average Bonchev–Trinajstić information content (AvgIpc) is 2.93. The number of nitrogen functional groups attached to an aromatic ring is 1. The van der Waals surface area contributed by atoms with Gasteiger partial charge in [-0.25, -0.2) is 9.31 Å². The molecule has 3 aromatic rings. The first-order valence-corrected chi connectivity index (χ1v) is 7.33. The summed E-state index contributed by atoms with van der Waals surface area (Å²) in [6, 6.07) is 9.94. The lowest BCUT2D eigenvalue weighted by molar-refractivity contribution is 0.0698. The monoisotopic (exact) mass is 309 g/mol. The molecule has 116 valence electrons. The highest BCUT2D eigenvalue weighted by Crippen LogP contribution is 2.26. The Hall–Kier alpha value is -3.09. The Bertz CT molecular complexity index is 918. The molecule has 1 aliphatic heterocycles. The predicted octanol–water partition coefficient (Wildman–Crippen LogP) is 1.57. The van der Waals surface area contributed by atoms with Crippen molar-refractivity contribution in [1.29, 1.82) is 0 Å². The maximum atomic E-state index is 11.5. The number of carbonyl (C=O) groups is 1. The molecular weight excluding hydrogens is 294 g/mol. The third kappa shape index (κ3) is 2.26. The van der Waals surface area contributed by atoms with Crippen LogP contribution in [0.1, 0.15) is 21.5 Å². The van der Waals surface area contributed by atoms with Gasteiger partial charge in [0, 0.05) is 13.1 Å². The number of carboxylic acids is 1. The van der Waals surface area contributed by atoms with E-state index in [1.54, 1.807) is 12.3 Å². The largest absolute Gasteiger partial charge is 0.478 e. The number of nitrogens with zero attached hydrogens (tertiary/aromatic N) is 4. The normalized spacial score (nSPS) is 14.0. The Morgan fingerprint density at radius 1 is 1.26 bits per heavy atom. The van der Waals surface area contributed by atoms with Crippen LogP contribution >= 0.6 is 0 Å². The van der Waals surface area contributed by atoms with Crippen molar-refractivity contribution < 1.29 is 9.90 Å². The van der Waals surface area contributed by atoms with Crippen LogP contribution in [0, 0.1) is 0 Å². The van der Waals surface area contributed by atoms with Gasteiger partial charge in [0.2, 0.25) is 5.95 Å². The first-order valence-electron chi connectivity index (χ1n) is 7.33. The van der Waals surface area contributed by atoms with Crippen LogP contribution in [0.5, 0.6) is 0 Å². The topological polar surface area (TPSA) is 96.7 Å². The fourth-order valence-electron chi connectivity index (χ4n) is 3.03. The zero-order valence-corrected chi connectivity index (χ0v) is 12.3. The number of hydrogen-bond acceptors (Lipinski definition) is 5. The van der Waals surface area contributed by atoms with E-state index in [1.807, 2.05) is 12.1 Å². The van der Waals surface area contributed by atoms with Gasteiger partial charge in [0.25, 0.3) is 0 Å². The lowest BCUT2D eigenvalue weighted by atomic mass is 9.99. The summed E-state index contributed by atoms with van der Waals surface area (Å²) in [7, 11) is 0. The van der Waals surface area contributed by atoms with Crippen molar-refractivity contribution in [2.24, 2.45) is 0 Å². The number of aromatic nitrogens is 3. The fraction of sp³-hybridized carbons (Fsp3) is 0.188. The molecule has 3 N–H and O–H groups in total. The molecule has 0 amide bonds. The van der Waals surface area contributed by atoms with E-state index in [0.717, 1.165) is 25.2 Å². The van der Waals surface area contributed by atoms with E-state index in [9.17, 15) is 9.90 Å². The molecule has 3 heterocycles. The van der Waals surface area contributed by atoms with Gasteiger partial charge in [0.15, 0.2) is 5.65 Å². The lowest BCUT2D eigenvalue weighted by Gasteiger charge is -2.30. The van der Waals surface area contributed by atoms with Gasteiger partial charge in [-0.1, -0.05) is 24.3 Å². The predicted molar refractivity (Wildman–Crippen MR) is 85.6 cm³/mol. The summed E-state index contributed by atoms with van der Waals surface area (Å²) < 4.78 is 1.44. The van der Waals surface area contributed by atoms with Crippen molar-refractivity contribution in [3.8, 4) is 0 Å². The molecule has 7 nitrogen and oxygen atoms in total. The maximum Gasteiger partial charge on any atom is 0.339 e. The SMILES string of the molecule is Nc1nc2c(C(=O)O)cc(N3CCc4ccccc4C3)cn2n1. The molecule has 0 spiro atoms. The van der Waals surface area contributed by atoms with Crippen LogP contribution < -0.4 is 10.6 Å². The fourth-order valence-corrected chi connectivity index (χ4v) is 3.03. The number of carboxylic acid groups (broad SMARTS) is 1. The summed E-state index contributed by atoms with van der Waals surface area (Å²) >= 11 is 0. The molecule has 4 rings (SSSR count). The van der Waals surface area contributed by atoms with Gasteiger partial charge in [-0.05, 0) is 23.6 Å². The highest BCUT2D eigenvalue weighted by atomic mass is 16.4. The maximum absolute atomic E-state index is 11.5. The number of nitrogens with two attached hydrogens (primary N) is 1.